The summed E-state index contributed by atoms with van der Waals surface area (Å²) in [5, 5.41) is 3.18. The predicted octanol–water partition coefficient (Wildman–Crippen LogP) is 2.67. The minimum absolute atomic E-state index is 0.224. The predicted molar refractivity (Wildman–Crippen MR) is 127 cm³/mol. The summed E-state index contributed by atoms with van der Waals surface area (Å²) in [5.41, 5.74) is 6.69. The molecular formula is C25H34FN5O2. The first-order valence-corrected chi connectivity index (χ1v) is 11.6. The summed E-state index contributed by atoms with van der Waals surface area (Å²) in [6.07, 6.45) is 7.62. The van der Waals surface area contributed by atoms with Gasteiger partial charge in [0, 0.05) is 44.0 Å². The molecule has 2 heterocycles. The third-order valence-corrected chi connectivity index (χ3v) is 6.10. The molecule has 2 aromatic rings. The van der Waals surface area contributed by atoms with Gasteiger partial charge in [-0.15, -0.1) is 0 Å². The Kier molecular flexibility index (Phi) is 9.33. The zero-order chi connectivity index (χ0) is 23.6. The van der Waals surface area contributed by atoms with Crippen LogP contribution in [0.3, 0.4) is 0 Å². The third kappa shape index (κ3) is 8.22. The Balaban J connectivity index is 0.000000186. The summed E-state index contributed by atoms with van der Waals surface area (Å²) in [6.45, 7) is 4.79. The van der Waals surface area contributed by atoms with Gasteiger partial charge in [0.1, 0.15) is 5.82 Å². The van der Waals surface area contributed by atoms with Crippen LogP contribution in [0.15, 0.2) is 42.6 Å². The number of hydrogen-bond acceptors (Lipinski definition) is 5. The van der Waals surface area contributed by atoms with Crippen molar-refractivity contribution >= 4 is 11.8 Å². The number of pyridine rings is 1. The average Bonchev–Trinajstić information content (AvgIpc) is 2.82. The second-order valence-electron chi connectivity index (χ2n) is 8.79. The number of aromatic nitrogens is 1. The topological polar surface area (TPSA) is 91.6 Å². The van der Waals surface area contributed by atoms with Crippen molar-refractivity contribution in [3.05, 3.63) is 54.0 Å². The Hall–Kier alpha value is -2.84. The molecule has 1 aliphatic heterocycles. The molecule has 0 bridgehead atoms. The second-order valence-corrected chi connectivity index (χ2v) is 8.79. The lowest BCUT2D eigenvalue weighted by Gasteiger charge is -2.32. The molecule has 8 heteroatoms. The number of carbonyl (C=O) groups is 2. The highest BCUT2D eigenvalue weighted by molar-refractivity contribution is 5.92. The largest absolute Gasteiger partial charge is 0.366 e. The third-order valence-electron chi connectivity index (χ3n) is 6.10. The first kappa shape index (κ1) is 24.8. The monoisotopic (exact) mass is 455 g/mol. The fourth-order valence-electron chi connectivity index (χ4n) is 4.09. The molecule has 1 aromatic heterocycles. The van der Waals surface area contributed by atoms with E-state index in [4.69, 9.17) is 5.73 Å². The van der Waals surface area contributed by atoms with Gasteiger partial charge in [-0.3, -0.25) is 19.5 Å². The number of carbonyl (C=O) groups excluding carboxylic acids is 2. The molecule has 178 valence electrons. The van der Waals surface area contributed by atoms with Gasteiger partial charge in [-0.05, 0) is 44.2 Å². The van der Waals surface area contributed by atoms with E-state index in [9.17, 15) is 14.0 Å². The van der Waals surface area contributed by atoms with Crippen LogP contribution in [-0.4, -0.2) is 72.4 Å². The highest BCUT2D eigenvalue weighted by Gasteiger charge is 2.19. The number of primary amides is 1. The number of nitrogens with one attached hydrogen (secondary N) is 1. The van der Waals surface area contributed by atoms with Crippen molar-refractivity contribution in [2.75, 3.05) is 39.8 Å². The van der Waals surface area contributed by atoms with Crippen molar-refractivity contribution in [3.63, 3.8) is 0 Å². The fourth-order valence-corrected chi connectivity index (χ4v) is 4.09. The molecule has 4 rings (SSSR count). The number of piperazine rings is 1. The molecule has 1 saturated heterocycles. The lowest BCUT2D eigenvalue weighted by molar-refractivity contribution is -0.123. The van der Waals surface area contributed by atoms with Gasteiger partial charge >= 0.3 is 0 Å². The van der Waals surface area contributed by atoms with E-state index in [2.05, 4.69) is 27.1 Å². The molecule has 1 saturated carbocycles. The maximum Gasteiger partial charge on any atom is 0.250 e. The molecule has 0 radical (unpaired) electrons. The molecule has 3 N–H and O–H groups in total. The van der Waals surface area contributed by atoms with Gasteiger partial charge < -0.3 is 16.0 Å². The lowest BCUT2D eigenvalue weighted by atomic mass is 9.95. The van der Waals surface area contributed by atoms with Crippen molar-refractivity contribution in [1.29, 1.82) is 0 Å². The maximum atomic E-state index is 13.0. The molecule has 0 unspecified atom stereocenters. The van der Waals surface area contributed by atoms with Gasteiger partial charge in [0.2, 0.25) is 11.8 Å². The Labute approximate surface area is 195 Å². The smallest absolute Gasteiger partial charge is 0.250 e. The van der Waals surface area contributed by atoms with E-state index in [0.29, 0.717) is 29.4 Å². The van der Waals surface area contributed by atoms with Crippen LogP contribution in [0, 0.1) is 5.82 Å². The molecule has 1 aliphatic carbocycles. The van der Waals surface area contributed by atoms with Crippen LogP contribution in [0.1, 0.15) is 42.5 Å². The molecule has 1 aromatic carbocycles. The van der Waals surface area contributed by atoms with Crippen LogP contribution in [0.2, 0.25) is 0 Å². The summed E-state index contributed by atoms with van der Waals surface area (Å²) in [4.78, 5) is 31.3. The minimum atomic E-state index is -0.529. The zero-order valence-corrected chi connectivity index (χ0v) is 19.3. The number of amides is 2. The number of nitrogens with two attached hydrogens (primary N) is 1. The van der Waals surface area contributed by atoms with E-state index < -0.39 is 5.91 Å². The number of likely N-dealkylation sites (N-methyl/N-ethyl adjacent to an activating group) is 1. The quantitative estimate of drug-likeness (QED) is 0.723. The number of hydrogen-bond donors (Lipinski definition) is 2. The van der Waals surface area contributed by atoms with E-state index in [1.807, 2.05) is 0 Å². The van der Waals surface area contributed by atoms with Gasteiger partial charge in [0.25, 0.3) is 0 Å². The van der Waals surface area contributed by atoms with E-state index in [1.54, 1.807) is 24.3 Å². The van der Waals surface area contributed by atoms with Crippen LogP contribution in [0.25, 0.3) is 11.3 Å². The SMILES string of the molecule is CN1CCN(CC(=O)NC2CCCCC2)CC1.NC(=O)c1ccc(-c2cccc(F)c2)nc1. The lowest BCUT2D eigenvalue weighted by Crippen LogP contribution is -2.49. The van der Waals surface area contributed by atoms with Gasteiger partial charge in [-0.25, -0.2) is 4.39 Å². The Morgan fingerprint density at radius 2 is 1.82 bits per heavy atom. The number of halogens is 1. The summed E-state index contributed by atoms with van der Waals surface area (Å²) in [5.74, 6) is -0.627. The van der Waals surface area contributed by atoms with Crippen molar-refractivity contribution < 1.29 is 14.0 Å². The summed E-state index contributed by atoms with van der Waals surface area (Å²) in [6, 6.07) is 9.74. The van der Waals surface area contributed by atoms with Gasteiger partial charge in [0.15, 0.2) is 0 Å². The van der Waals surface area contributed by atoms with E-state index in [-0.39, 0.29) is 11.7 Å². The van der Waals surface area contributed by atoms with E-state index in [0.717, 1.165) is 26.2 Å². The molecule has 7 nitrogen and oxygen atoms in total. The second kappa shape index (κ2) is 12.4. The molecule has 2 aliphatic rings. The standard InChI is InChI=1S/C13H25N3O.C12H9FN2O/c1-15-7-9-16(10-8-15)11-13(17)14-12-5-3-2-4-6-12;13-10-3-1-2-8(6-10)11-5-4-9(7-15-11)12(14)16/h12H,2-11H2,1H3,(H,14,17);1-7H,(H2,14,16). The Bertz CT molecular complexity index is 907. The van der Waals surface area contributed by atoms with Crippen molar-refractivity contribution in [2.24, 2.45) is 5.73 Å². The summed E-state index contributed by atoms with van der Waals surface area (Å²) < 4.78 is 13.0. The van der Waals surface area contributed by atoms with E-state index in [1.165, 1.54) is 50.4 Å². The van der Waals surface area contributed by atoms with Gasteiger partial charge in [0.05, 0.1) is 17.8 Å². The fraction of sp³-hybridized carbons (Fsp3) is 0.480. The minimum Gasteiger partial charge on any atom is -0.366 e. The number of benzene rings is 1. The highest BCUT2D eigenvalue weighted by Crippen LogP contribution is 2.18. The number of rotatable bonds is 5. The molecule has 0 spiro atoms. The first-order chi connectivity index (χ1) is 15.9. The molecule has 2 amide bonds. The van der Waals surface area contributed by atoms with Crippen molar-refractivity contribution in [1.82, 2.24) is 20.1 Å². The molecule has 2 fully saturated rings. The highest BCUT2D eigenvalue weighted by atomic mass is 19.1. The summed E-state index contributed by atoms with van der Waals surface area (Å²) in [7, 11) is 2.14. The normalized spacial score (nSPS) is 17.6. The van der Waals surface area contributed by atoms with Crippen LogP contribution in [0.5, 0.6) is 0 Å². The van der Waals surface area contributed by atoms with Crippen LogP contribution >= 0.6 is 0 Å². The van der Waals surface area contributed by atoms with Gasteiger partial charge in [-0.1, -0.05) is 31.4 Å². The first-order valence-electron chi connectivity index (χ1n) is 11.6. The van der Waals surface area contributed by atoms with Crippen LogP contribution in [0.4, 0.5) is 4.39 Å². The molecular weight excluding hydrogens is 421 g/mol. The molecule has 33 heavy (non-hydrogen) atoms. The zero-order valence-electron chi connectivity index (χ0n) is 19.3. The van der Waals surface area contributed by atoms with Crippen LogP contribution < -0.4 is 11.1 Å². The Morgan fingerprint density at radius 3 is 2.42 bits per heavy atom. The van der Waals surface area contributed by atoms with Crippen LogP contribution in [-0.2, 0) is 4.79 Å². The van der Waals surface area contributed by atoms with Crippen molar-refractivity contribution in [2.45, 2.75) is 38.1 Å². The van der Waals surface area contributed by atoms with Gasteiger partial charge in [-0.2, -0.15) is 0 Å². The van der Waals surface area contributed by atoms with E-state index >= 15 is 0 Å². The molecule has 0 atom stereocenters. The number of nitrogens with zero attached hydrogens (tertiary/aromatic N) is 3. The summed E-state index contributed by atoms with van der Waals surface area (Å²) >= 11 is 0. The average molecular weight is 456 g/mol. The maximum absolute atomic E-state index is 13.0. The van der Waals surface area contributed by atoms with Crippen molar-refractivity contribution in [3.8, 4) is 11.3 Å². The Morgan fingerprint density at radius 1 is 1.09 bits per heavy atom.